The minimum absolute atomic E-state index is 1.00. The summed E-state index contributed by atoms with van der Waals surface area (Å²) in [7, 11) is 0. The zero-order valence-electron chi connectivity index (χ0n) is 9.12. The van der Waals surface area contributed by atoms with Crippen LogP contribution in [0.25, 0.3) is 10.2 Å². The van der Waals surface area contributed by atoms with Gasteiger partial charge in [0.2, 0.25) is 0 Å². The molecule has 0 unspecified atom stereocenters. The third kappa shape index (κ3) is 2.13. The maximum atomic E-state index is 5.39. The Balaban J connectivity index is 2.53. The molecule has 1 nitrogen and oxygen atoms in total. The standard InChI is InChI=1S/C12H15NS2/c1-3-4-7-13-10-6-5-9(2)8-11(10)15-12(13)14/h5-6,8H,3-4,7H2,1-2H3. The van der Waals surface area contributed by atoms with Gasteiger partial charge in [-0.1, -0.05) is 19.4 Å². The number of thiazole rings is 1. The van der Waals surface area contributed by atoms with Crippen molar-refractivity contribution in [1.82, 2.24) is 4.57 Å². The Morgan fingerprint density at radius 2 is 2.20 bits per heavy atom. The van der Waals surface area contributed by atoms with Gasteiger partial charge in [-0.3, -0.25) is 0 Å². The molecule has 0 bridgehead atoms. The smallest absolute Gasteiger partial charge is 0.162 e. The van der Waals surface area contributed by atoms with E-state index in [0.29, 0.717) is 0 Å². The summed E-state index contributed by atoms with van der Waals surface area (Å²) in [4.78, 5) is 0. The van der Waals surface area contributed by atoms with Crippen molar-refractivity contribution in [3.05, 3.63) is 27.7 Å². The molecule has 80 valence electrons. The van der Waals surface area contributed by atoms with E-state index in [1.807, 2.05) is 0 Å². The fourth-order valence-electron chi connectivity index (χ4n) is 1.70. The first kappa shape index (κ1) is 10.8. The summed E-state index contributed by atoms with van der Waals surface area (Å²) in [6.07, 6.45) is 2.42. The topological polar surface area (TPSA) is 4.93 Å². The van der Waals surface area contributed by atoms with E-state index < -0.39 is 0 Å². The molecule has 0 radical (unpaired) electrons. The van der Waals surface area contributed by atoms with E-state index in [-0.39, 0.29) is 0 Å². The van der Waals surface area contributed by atoms with Crippen molar-refractivity contribution in [2.45, 2.75) is 33.2 Å². The predicted molar refractivity (Wildman–Crippen MR) is 70.3 cm³/mol. The van der Waals surface area contributed by atoms with Crippen LogP contribution in [0.2, 0.25) is 0 Å². The summed E-state index contributed by atoms with van der Waals surface area (Å²) < 4.78 is 4.58. The van der Waals surface area contributed by atoms with Crippen LogP contribution in [-0.4, -0.2) is 4.57 Å². The molecule has 0 atom stereocenters. The largest absolute Gasteiger partial charge is 0.323 e. The highest BCUT2D eigenvalue weighted by Gasteiger charge is 2.03. The van der Waals surface area contributed by atoms with Gasteiger partial charge in [0.05, 0.1) is 10.2 Å². The first-order valence-corrected chi connectivity index (χ1v) is 6.55. The quantitative estimate of drug-likeness (QED) is 0.709. The fraction of sp³-hybridized carbons (Fsp3) is 0.417. The predicted octanol–water partition coefficient (Wildman–Crippen LogP) is 4.54. The third-order valence-electron chi connectivity index (χ3n) is 2.56. The Morgan fingerprint density at radius 3 is 2.93 bits per heavy atom. The highest BCUT2D eigenvalue weighted by atomic mass is 32.1. The minimum atomic E-state index is 1.00. The number of hydrogen-bond donors (Lipinski definition) is 0. The van der Waals surface area contributed by atoms with Crippen LogP contribution in [0, 0.1) is 10.9 Å². The van der Waals surface area contributed by atoms with E-state index in [1.54, 1.807) is 11.3 Å². The molecule has 0 aliphatic heterocycles. The Hall–Kier alpha value is -0.670. The molecule has 0 spiro atoms. The summed E-state index contributed by atoms with van der Waals surface area (Å²) in [6, 6.07) is 6.57. The molecular weight excluding hydrogens is 222 g/mol. The molecule has 0 aliphatic rings. The van der Waals surface area contributed by atoms with Crippen LogP contribution in [0.3, 0.4) is 0 Å². The normalized spacial score (nSPS) is 11.1. The van der Waals surface area contributed by atoms with Gasteiger partial charge in [-0.15, -0.1) is 11.3 Å². The van der Waals surface area contributed by atoms with Crippen molar-refractivity contribution in [2.75, 3.05) is 0 Å². The van der Waals surface area contributed by atoms with Crippen LogP contribution in [0.5, 0.6) is 0 Å². The van der Waals surface area contributed by atoms with E-state index in [4.69, 9.17) is 12.2 Å². The van der Waals surface area contributed by atoms with E-state index in [9.17, 15) is 0 Å². The maximum Gasteiger partial charge on any atom is 0.162 e. The molecule has 0 saturated carbocycles. The Morgan fingerprint density at radius 1 is 1.40 bits per heavy atom. The summed E-state index contributed by atoms with van der Waals surface area (Å²) in [5.41, 5.74) is 2.60. The van der Waals surface area contributed by atoms with Crippen LogP contribution in [0.4, 0.5) is 0 Å². The summed E-state index contributed by atoms with van der Waals surface area (Å²) in [6.45, 7) is 5.39. The molecule has 1 heterocycles. The highest BCUT2D eigenvalue weighted by Crippen LogP contribution is 2.24. The lowest BCUT2D eigenvalue weighted by molar-refractivity contribution is 0.648. The SMILES string of the molecule is CCCCn1c(=S)sc2cc(C)ccc21. The van der Waals surface area contributed by atoms with Crippen molar-refractivity contribution in [3.63, 3.8) is 0 Å². The van der Waals surface area contributed by atoms with E-state index >= 15 is 0 Å². The fourth-order valence-corrected chi connectivity index (χ4v) is 3.18. The number of aryl methyl sites for hydroxylation is 2. The number of benzene rings is 1. The van der Waals surface area contributed by atoms with Crippen LogP contribution in [0.15, 0.2) is 18.2 Å². The molecule has 2 rings (SSSR count). The van der Waals surface area contributed by atoms with E-state index in [1.165, 1.54) is 28.6 Å². The van der Waals surface area contributed by atoms with Gasteiger partial charge >= 0.3 is 0 Å². The number of unbranched alkanes of at least 4 members (excludes halogenated alkanes) is 1. The van der Waals surface area contributed by atoms with Gasteiger partial charge in [0.25, 0.3) is 0 Å². The molecule has 2 aromatic rings. The van der Waals surface area contributed by atoms with Crippen LogP contribution < -0.4 is 0 Å². The Kier molecular flexibility index (Phi) is 3.22. The Bertz CT molecular complexity index is 522. The molecule has 0 aliphatic carbocycles. The van der Waals surface area contributed by atoms with Crippen molar-refractivity contribution in [1.29, 1.82) is 0 Å². The molecule has 0 fully saturated rings. The van der Waals surface area contributed by atoms with Gasteiger partial charge < -0.3 is 4.57 Å². The van der Waals surface area contributed by atoms with Gasteiger partial charge in [-0.05, 0) is 43.3 Å². The Labute approximate surface area is 99.4 Å². The summed E-state index contributed by atoms with van der Waals surface area (Å²) in [5, 5.41) is 0. The lowest BCUT2D eigenvalue weighted by Crippen LogP contribution is -1.96. The van der Waals surface area contributed by atoms with Crippen molar-refractivity contribution in [3.8, 4) is 0 Å². The highest BCUT2D eigenvalue weighted by molar-refractivity contribution is 7.73. The van der Waals surface area contributed by atoms with Gasteiger partial charge in [0, 0.05) is 6.54 Å². The number of rotatable bonds is 3. The van der Waals surface area contributed by atoms with Gasteiger partial charge in [-0.2, -0.15) is 0 Å². The minimum Gasteiger partial charge on any atom is -0.323 e. The zero-order chi connectivity index (χ0) is 10.8. The molecule has 0 amide bonds. The number of aromatic nitrogens is 1. The van der Waals surface area contributed by atoms with Crippen LogP contribution in [0.1, 0.15) is 25.3 Å². The second-order valence-electron chi connectivity index (χ2n) is 3.84. The van der Waals surface area contributed by atoms with Crippen molar-refractivity contribution in [2.24, 2.45) is 0 Å². The molecule has 0 saturated heterocycles. The zero-order valence-corrected chi connectivity index (χ0v) is 10.8. The van der Waals surface area contributed by atoms with Gasteiger partial charge in [0.1, 0.15) is 0 Å². The average Bonchev–Trinajstić information content (AvgIpc) is 2.50. The number of hydrogen-bond acceptors (Lipinski definition) is 2. The monoisotopic (exact) mass is 237 g/mol. The van der Waals surface area contributed by atoms with Crippen molar-refractivity contribution >= 4 is 33.8 Å². The van der Waals surface area contributed by atoms with Gasteiger partial charge in [0.15, 0.2) is 3.95 Å². The van der Waals surface area contributed by atoms with E-state index in [0.717, 1.165) is 10.5 Å². The molecule has 3 heteroatoms. The van der Waals surface area contributed by atoms with Crippen molar-refractivity contribution < 1.29 is 0 Å². The summed E-state index contributed by atoms with van der Waals surface area (Å²) >= 11 is 7.11. The average molecular weight is 237 g/mol. The number of nitrogens with zero attached hydrogens (tertiary/aromatic N) is 1. The molecule has 1 aromatic heterocycles. The first-order valence-electron chi connectivity index (χ1n) is 5.32. The molecule has 0 N–H and O–H groups in total. The van der Waals surface area contributed by atoms with Crippen LogP contribution in [-0.2, 0) is 6.54 Å². The van der Waals surface area contributed by atoms with E-state index in [2.05, 4.69) is 36.6 Å². The van der Waals surface area contributed by atoms with Gasteiger partial charge in [-0.25, -0.2) is 0 Å². The molecule has 1 aromatic carbocycles. The maximum absolute atomic E-state index is 5.39. The summed E-state index contributed by atoms with van der Waals surface area (Å²) in [5.74, 6) is 0. The lowest BCUT2D eigenvalue weighted by Gasteiger charge is -2.03. The molecular formula is C12H15NS2. The lowest BCUT2D eigenvalue weighted by atomic mass is 10.2. The van der Waals surface area contributed by atoms with Crippen LogP contribution >= 0.6 is 23.6 Å². The first-order chi connectivity index (χ1) is 7.22. The third-order valence-corrected chi connectivity index (χ3v) is 3.97. The second kappa shape index (κ2) is 4.45. The molecule has 15 heavy (non-hydrogen) atoms. The second-order valence-corrected chi connectivity index (χ2v) is 5.52. The number of fused-ring (bicyclic) bond motifs is 1.